The second kappa shape index (κ2) is 9.24. The molecule has 3 N–H and O–H groups in total. The van der Waals surface area contributed by atoms with Crippen LogP contribution in [0.2, 0.25) is 0 Å². The maximum absolute atomic E-state index is 12.0. The molecule has 2 rings (SSSR count). The highest BCUT2D eigenvalue weighted by atomic mass is 32.2. The van der Waals surface area contributed by atoms with Gasteiger partial charge < -0.3 is 15.1 Å². The number of hydrogen-bond acceptors (Lipinski definition) is 5. The van der Waals surface area contributed by atoms with Crippen molar-refractivity contribution in [1.29, 1.82) is 0 Å². The van der Waals surface area contributed by atoms with Crippen LogP contribution in [0.5, 0.6) is 0 Å². The number of sulfonamides is 1. The van der Waals surface area contributed by atoms with Gasteiger partial charge in [0.1, 0.15) is 0 Å². The lowest BCUT2D eigenvalue weighted by atomic mass is 10.2. The van der Waals surface area contributed by atoms with Crippen molar-refractivity contribution in [1.82, 2.24) is 14.6 Å². The minimum absolute atomic E-state index is 0.0270. The number of unbranched alkanes of at least 4 members (excludes halogenated alkanes) is 1. The van der Waals surface area contributed by atoms with Crippen molar-refractivity contribution in [2.24, 2.45) is 0 Å². The molecule has 0 bridgehead atoms. The first-order valence-corrected chi connectivity index (χ1v) is 10.8. The third-order valence-electron chi connectivity index (χ3n) is 4.20. The number of urea groups is 1. The minimum atomic E-state index is -3.25. The van der Waals surface area contributed by atoms with Gasteiger partial charge in [0.2, 0.25) is 10.0 Å². The van der Waals surface area contributed by atoms with Gasteiger partial charge in [-0.3, -0.25) is 4.57 Å². The molecule has 0 aliphatic carbocycles. The molecule has 0 saturated carbocycles. The molecule has 0 aliphatic heterocycles. The van der Waals surface area contributed by atoms with E-state index >= 15 is 0 Å². The molecule has 0 aliphatic rings. The number of aromatic nitrogens is 1. The Morgan fingerprint density at radius 3 is 2.46 bits per heavy atom. The Labute approximate surface area is 164 Å². The lowest BCUT2D eigenvalue weighted by molar-refractivity contribution is 0.252. The summed E-state index contributed by atoms with van der Waals surface area (Å²) in [5, 5.41) is 4.94. The summed E-state index contributed by atoms with van der Waals surface area (Å²) in [6, 6.07) is 4.64. The molecule has 1 aromatic heterocycles. The van der Waals surface area contributed by atoms with Crippen molar-refractivity contribution in [2.45, 2.75) is 51.8 Å². The quantitative estimate of drug-likeness (QED) is 0.546. The summed E-state index contributed by atoms with van der Waals surface area (Å²) >= 11 is 0. The average Bonchev–Trinajstić information content (AvgIpc) is 2.92. The predicted octanol–water partition coefficient (Wildman–Crippen LogP) is 2.40. The van der Waals surface area contributed by atoms with Crippen molar-refractivity contribution in [3.8, 4) is 0 Å². The summed E-state index contributed by atoms with van der Waals surface area (Å²) in [5.74, 6) is -0.431. The van der Waals surface area contributed by atoms with E-state index in [2.05, 4.69) is 15.4 Å². The average molecular weight is 413 g/mol. The molecule has 1 heterocycles. The number of fused-ring (bicyclic) bond motifs is 1. The SMILES string of the molecule is CC(C)n1c(=O)oc2cc(NC(=O)NCCCCNS(=O)(=O)C(C)C)ccc21. The highest BCUT2D eigenvalue weighted by molar-refractivity contribution is 7.90. The van der Waals surface area contributed by atoms with Gasteiger partial charge >= 0.3 is 11.8 Å². The Hall–Kier alpha value is -2.33. The highest BCUT2D eigenvalue weighted by Crippen LogP contribution is 2.20. The molecule has 0 fully saturated rings. The van der Waals surface area contributed by atoms with E-state index in [0.29, 0.717) is 42.7 Å². The standard InChI is InChI=1S/C18H28N4O5S/c1-12(2)22-15-8-7-14(11-16(15)27-18(22)24)21-17(23)19-9-5-6-10-20-28(25,26)13(3)4/h7-8,11-13,20H,5-6,9-10H2,1-4H3,(H2,19,21,23). The van der Waals surface area contributed by atoms with Gasteiger partial charge in [-0.25, -0.2) is 22.7 Å². The summed E-state index contributed by atoms with van der Waals surface area (Å²) in [4.78, 5) is 23.9. The van der Waals surface area contributed by atoms with Gasteiger partial charge in [-0.2, -0.15) is 0 Å². The first-order chi connectivity index (χ1) is 13.1. The van der Waals surface area contributed by atoms with Gasteiger partial charge in [-0.15, -0.1) is 0 Å². The lowest BCUT2D eigenvalue weighted by Gasteiger charge is -2.10. The lowest BCUT2D eigenvalue weighted by Crippen LogP contribution is -2.32. The van der Waals surface area contributed by atoms with Crippen molar-refractivity contribution in [3.63, 3.8) is 0 Å². The van der Waals surface area contributed by atoms with E-state index in [1.54, 1.807) is 36.6 Å². The number of carbonyl (C=O) groups excluding carboxylic acids is 1. The number of amides is 2. The molecule has 2 amide bonds. The van der Waals surface area contributed by atoms with Crippen LogP contribution in [0.1, 0.15) is 46.6 Å². The number of hydrogen-bond donors (Lipinski definition) is 3. The number of nitrogens with zero attached hydrogens (tertiary/aromatic N) is 1. The number of carbonyl (C=O) groups is 1. The van der Waals surface area contributed by atoms with Gasteiger partial charge in [0, 0.05) is 30.9 Å². The van der Waals surface area contributed by atoms with Crippen LogP contribution >= 0.6 is 0 Å². The molecule has 28 heavy (non-hydrogen) atoms. The van der Waals surface area contributed by atoms with Crippen LogP contribution in [-0.4, -0.2) is 37.4 Å². The maximum atomic E-state index is 12.0. The number of oxazole rings is 1. The van der Waals surface area contributed by atoms with Crippen LogP contribution in [0.15, 0.2) is 27.4 Å². The van der Waals surface area contributed by atoms with E-state index in [1.807, 2.05) is 13.8 Å². The summed E-state index contributed by atoms with van der Waals surface area (Å²) in [7, 11) is -3.25. The molecule has 1 aromatic carbocycles. The molecule has 2 aromatic rings. The van der Waals surface area contributed by atoms with Gasteiger partial charge in [0.25, 0.3) is 0 Å². The van der Waals surface area contributed by atoms with E-state index < -0.39 is 21.0 Å². The second-order valence-electron chi connectivity index (χ2n) is 7.09. The topological polar surface area (TPSA) is 122 Å². The van der Waals surface area contributed by atoms with Gasteiger partial charge in [0.15, 0.2) is 5.58 Å². The van der Waals surface area contributed by atoms with Crippen molar-refractivity contribution < 1.29 is 17.6 Å². The zero-order valence-corrected chi connectivity index (χ0v) is 17.4. The smallest absolute Gasteiger partial charge is 0.408 e. The Balaban J connectivity index is 1.80. The summed E-state index contributed by atoms with van der Waals surface area (Å²) in [6.07, 6.45) is 1.26. The van der Waals surface area contributed by atoms with Crippen LogP contribution in [0, 0.1) is 0 Å². The van der Waals surface area contributed by atoms with Crippen LogP contribution in [-0.2, 0) is 10.0 Å². The first kappa shape index (κ1) is 22.0. The number of anilines is 1. The first-order valence-electron chi connectivity index (χ1n) is 9.30. The van der Waals surface area contributed by atoms with E-state index in [4.69, 9.17) is 4.42 Å². The van der Waals surface area contributed by atoms with Gasteiger partial charge in [-0.1, -0.05) is 0 Å². The van der Waals surface area contributed by atoms with Crippen molar-refractivity contribution in [2.75, 3.05) is 18.4 Å². The predicted molar refractivity (Wildman–Crippen MR) is 109 cm³/mol. The van der Waals surface area contributed by atoms with Gasteiger partial charge in [-0.05, 0) is 52.7 Å². The van der Waals surface area contributed by atoms with Crippen LogP contribution in [0.3, 0.4) is 0 Å². The summed E-state index contributed by atoms with van der Waals surface area (Å²) < 4.78 is 32.5. The summed E-state index contributed by atoms with van der Waals surface area (Å²) in [6.45, 7) is 7.78. The third-order valence-corrected chi connectivity index (χ3v) is 6.05. The largest absolute Gasteiger partial charge is 0.420 e. The fourth-order valence-electron chi connectivity index (χ4n) is 2.61. The van der Waals surface area contributed by atoms with E-state index in [9.17, 15) is 18.0 Å². The zero-order chi connectivity index (χ0) is 20.9. The van der Waals surface area contributed by atoms with Crippen molar-refractivity contribution in [3.05, 3.63) is 28.7 Å². The van der Waals surface area contributed by atoms with E-state index in [1.165, 1.54) is 0 Å². The molecule has 9 nitrogen and oxygen atoms in total. The Morgan fingerprint density at radius 1 is 1.14 bits per heavy atom. The van der Waals surface area contributed by atoms with Crippen LogP contribution in [0.4, 0.5) is 10.5 Å². The fourth-order valence-corrected chi connectivity index (χ4v) is 3.37. The molecule has 0 unspecified atom stereocenters. The molecule has 0 spiro atoms. The van der Waals surface area contributed by atoms with Crippen LogP contribution < -0.4 is 21.1 Å². The normalized spacial score (nSPS) is 12.1. The number of benzene rings is 1. The number of nitrogens with one attached hydrogen (secondary N) is 3. The van der Waals surface area contributed by atoms with Gasteiger partial charge in [0.05, 0.1) is 10.8 Å². The Bertz CT molecular complexity index is 976. The molecular formula is C18H28N4O5S. The molecule has 10 heteroatoms. The Kier molecular flexibility index (Phi) is 7.25. The molecular weight excluding hydrogens is 384 g/mol. The zero-order valence-electron chi connectivity index (χ0n) is 16.6. The van der Waals surface area contributed by atoms with E-state index in [0.717, 1.165) is 0 Å². The monoisotopic (exact) mass is 412 g/mol. The highest BCUT2D eigenvalue weighted by Gasteiger charge is 2.14. The number of rotatable bonds is 9. The molecule has 156 valence electrons. The maximum Gasteiger partial charge on any atom is 0.420 e. The van der Waals surface area contributed by atoms with Crippen LogP contribution in [0.25, 0.3) is 11.1 Å². The fraction of sp³-hybridized carbons (Fsp3) is 0.556. The molecule has 0 saturated heterocycles. The van der Waals surface area contributed by atoms with E-state index in [-0.39, 0.29) is 12.1 Å². The second-order valence-corrected chi connectivity index (χ2v) is 9.41. The summed E-state index contributed by atoms with van der Waals surface area (Å²) in [5.41, 5.74) is 1.60. The van der Waals surface area contributed by atoms with Crippen molar-refractivity contribution >= 4 is 32.8 Å². The molecule has 0 radical (unpaired) electrons. The molecule has 0 atom stereocenters. The Morgan fingerprint density at radius 2 is 1.82 bits per heavy atom. The third kappa shape index (κ3) is 5.59. The minimum Gasteiger partial charge on any atom is -0.408 e.